The molecular formula is C9H15NO2. The van der Waals surface area contributed by atoms with Crippen LogP contribution in [0.3, 0.4) is 0 Å². The Hall–Kier alpha value is -0.830. The lowest BCUT2D eigenvalue weighted by Gasteiger charge is -2.05. The molecule has 1 N–H and O–H groups in total. The Balaban J connectivity index is 2.61. The Bertz CT molecular complexity index is 232. The Morgan fingerprint density at radius 2 is 2.42 bits per heavy atom. The van der Waals surface area contributed by atoms with Crippen molar-refractivity contribution in [3.63, 3.8) is 0 Å². The van der Waals surface area contributed by atoms with Crippen molar-refractivity contribution in [2.24, 2.45) is 5.92 Å². The minimum Gasteiger partial charge on any atom is -0.448 e. The predicted molar refractivity (Wildman–Crippen MR) is 45.6 cm³/mol. The molecule has 0 aromatic carbocycles. The highest BCUT2D eigenvalue weighted by Gasteiger charge is 2.09. The van der Waals surface area contributed by atoms with E-state index in [1.165, 1.54) is 6.39 Å². The van der Waals surface area contributed by atoms with Crippen LogP contribution in [0.15, 0.2) is 10.8 Å². The van der Waals surface area contributed by atoms with Crippen molar-refractivity contribution in [3.8, 4) is 0 Å². The molecule has 3 nitrogen and oxygen atoms in total. The third-order valence-corrected chi connectivity index (χ3v) is 2.11. The van der Waals surface area contributed by atoms with Crippen molar-refractivity contribution >= 4 is 0 Å². The van der Waals surface area contributed by atoms with Crippen LogP contribution in [-0.2, 0) is 13.0 Å². The molecule has 1 rings (SSSR count). The van der Waals surface area contributed by atoms with Gasteiger partial charge in [-0.05, 0) is 5.92 Å². The second-order valence-electron chi connectivity index (χ2n) is 3.10. The highest BCUT2D eigenvalue weighted by atomic mass is 16.3. The summed E-state index contributed by atoms with van der Waals surface area (Å²) >= 11 is 0. The first-order chi connectivity index (χ1) is 5.77. The number of nitrogens with zero attached hydrogens (tertiary/aromatic N) is 1. The smallest absolute Gasteiger partial charge is 0.181 e. The zero-order valence-corrected chi connectivity index (χ0v) is 7.58. The zero-order chi connectivity index (χ0) is 8.97. The van der Waals surface area contributed by atoms with Gasteiger partial charge < -0.3 is 9.52 Å². The quantitative estimate of drug-likeness (QED) is 0.747. The lowest BCUT2D eigenvalue weighted by molar-refractivity contribution is 0.273. The van der Waals surface area contributed by atoms with E-state index in [9.17, 15) is 0 Å². The van der Waals surface area contributed by atoms with Gasteiger partial charge in [0.25, 0.3) is 0 Å². The molecule has 12 heavy (non-hydrogen) atoms. The third-order valence-electron chi connectivity index (χ3n) is 2.11. The fraction of sp³-hybridized carbons (Fsp3) is 0.667. The molecule has 0 fully saturated rings. The normalized spacial score (nSPS) is 13.2. The van der Waals surface area contributed by atoms with Crippen molar-refractivity contribution in [2.45, 2.75) is 33.3 Å². The number of aliphatic hydroxyl groups excluding tert-OH is 1. The molecule has 0 saturated carbocycles. The summed E-state index contributed by atoms with van der Waals surface area (Å²) in [6.07, 6.45) is 3.38. The summed E-state index contributed by atoms with van der Waals surface area (Å²) in [5, 5.41) is 8.87. The minimum atomic E-state index is -0.0255. The van der Waals surface area contributed by atoms with Gasteiger partial charge in [-0.3, -0.25) is 0 Å². The summed E-state index contributed by atoms with van der Waals surface area (Å²) in [5.41, 5.74) is 0.676. The first-order valence-corrected chi connectivity index (χ1v) is 4.30. The summed E-state index contributed by atoms with van der Waals surface area (Å²) in [6.45, 7) is 4.27. The van der Waals surface area contributed by atoms with Crippen LogP contribution >= 0.6 is 0 Å². The predicted octanol–water partition coefficient (Wildman–Crippen LogP) is 1.76. The molecule has 68 valence electrons. The minimum absolute atomic E-state index is 0.0255. The van der Waals surface area contributed by atoms with Gasteiger partial charge in [-0.15, -0.1) is 0 Å². The van der Waals surface area contributed by atoms with Gasteiger partial charge in [0.2, 0.25) is 0 Å². The Labute approximate surface area is 72.4 Å². The number of hydrogen-bond acceptors (Lipinski definition) is 3. The third kappa shape index (κ3) is 2.08. The van der Waals surface area contributed by atoms with Crippen molar-refractivity contribution < 1.29 is 9.52 Å². The van der Waals surface area contributed by atoms with Gasteiger partial charge in [0.05, 0.1) is 6.61 Å². The van der Waals surface area contributed by atoms with Gasteiger partial charge in [0, 0.05) is 6.42 Å². The van der Waals surface area contributed by atoms with Crippen LogP contribution in [0.1, 0.15) is 31.7 Å². The van der Waals surface area contributed by atoms with E-state index >= 15 is 0 Å². The molecule has 3 heteroatoms. The average Bonchev–Trinajstić information content (AvgIpc) is 2.51. The molecule has 1 unspecified atom stereocenters. The van der Waals surface area contributed by atoms with Crippen molar-refractivity contribution in [3.05, 3.63) is 17.8 Å². The number of aromatic nitrogens is 1. The second kappa shape index (κ2) is 4.26. The zero-order valence-electron chi connectivity index (χ0n) is 7.58. The fourth-order valence-electron chi connectivity index (χ4n) is 1.05. The van der Waals surface area contributed by atoms with Crippen LogP contribution < -0.4 is 0 Å². The number of oxazole rings is 1. The topological polar surface area (TPSA) is 46.3 Å². The van der Waals surface area contributed by atoms with E-state index in [4.69, 9.17) is 9.52 Å². The highest BCUT2D eigenvalue weighted by Crippen LogP contribution is 2.14. The van der Waals surface area contributed by atoms with Gasteiger partial charge in [-0.1, -0.05) is 20.3 Å². The molecule has 1 heterocycles. The molecule has 0 aliphatic rings. The lowest BCUT2D eigenvalue weighted by Crippen LogP contribution is -1.99. The van der Waals surface area contributed by atoms with Crippen molar-refractivity contribution in [2.75, 3.05) is 0 Å². The highest BCUT2D eigenvalue weighted by molar-refractivity contribution is 5.06. The van der Waals surface area contributed by atoms with Crippen molar-refractivity contribution in [1.29, 1.82) is 0 Å². The number of hydrogen-bond donors (Lipinski definition) is 1. The molecule has 0 aliphatic carbocycles. The first-order valence-electron chi connectivity index (χ1n) is 4.30. The van der Waals surface area contributed by atoms with Crippen LogP contribution in [-0.4, -0.2) is 10.1 Å². The molecule has 0 amide bonds. The summed E-state index contributed by atoms with van der Waals surface area (Å²) in [7, 11) is 0. The lowest BCUT2D eigenvalue weighted by atomic mass is 10.0. The summed E-state index contributed by atoms with van der Waals surface area (Å²) in [5.74, 6) is 1.41. The molecule has 1 aromatic rings. The van der Waals surface area contributed by atoms with Gasteiger partial charge in [0.1, 0.15) is 11.5 Å². The second-order valence-corrected chi connectivity index (χ2v) is 3.10. The molecular weight excluding hydrogens is 154 g/mol. The summed E-state index contributed by atoms with van der Waals surface area (Å²) in [6, 6.07) is 0. The van der Waals surface area contributed by atoms with E-state index in [1.54, 1.807) is 0 Å². The average molecular weight is 169 g/mol. The van der Waals surface area contributed by atoms with Gasteiger partial charge in [-0.25, -0.2) is 4.98 Å². The maximum absolute atomic E-state index is 8.87. The van der Waals surface area contributed by atoms with Crippen LogP contribution in [0.5, 0.6) is 0 Å². The van der Waals surface area contributed by atoms with E-state index in [-0.39, 0.29) is 6.61 Å². The Morgan fingerprint density at radius 3 is 3.00 bits per heavy atom. The number of aliphatic hydroxyl groups is 1. The van der Waals surface area contributed by atoms with Crippen LogP contribution in [0.2, 0.25) is 0 Å². The Kier molecular flexibility index (Phi) is 3.29. The van der Waals surface area contributed by atoms with Crippen molar-refractivity contribution in [1.82, 2.24) is 4.98 Å². The van der Waals surface area contributed by atoms with Crippen LogP contribution in [0.4, 0.5) is 0 Å². The van der Waals surface area contributed by atoms with E-state index in [2.05, 4.69) is 18.8 Å². The van der Waals surface area contributed by atoms with Crippen LogP contribution in [0.25, 0.3) is 0 Å². The summed E-state index contributed by atoms with van der Waals surface area (Å²) < 4.78 is 5.16. The molecule has 1 atom stereocenters. The molecule has 0 aliphatic heterocycles. The molecule has 0 saturated heterocycles. The van der Waals surface area contributed by atoms with E-state index < -0.39 is 0 Å². The summed E-state index contributed by atoms with van der Waals surface area (Å²) in [4.78, 5) is 3.91. The van der Waals surface area contributed by atoms with Gasteiger partial charge in [0.15, 0.2) is 6.39 Å². The Morgan fingerprint density at radius 1 is 1.67 bits per heavy atom. The maximum Gasteiger partial charge on any atom is 0.181 e. The van der Waals surface area contributed by atoms with E-state index in [0.717, 1.165) is 18.6 Å². The molecule has 0 bridgehead atoms. The van der Waals surface area contributed by atoms with Crippen LogP contribution in [0, 0.1) is 5.92 Å². The van der Waals surface area contributed by atoms with E-state index in [1.807, 2.05) is 0 Å². The molecule has 1 aromatic heterocycles. The van der Waals surface area contributed by atoms with Gasteiger partial charge in [-0.2, -0.15) is 0 Å². The standard InChI is InChI=1S/C9H15NO2/c1-3-7(2)4-9-8(5-11)10-6-12-9/h6-7,11H,3-5H2,1-2H3. The van der Waals surface area contributed by atoms with Gasteiger partial charge >= 0.3 is 0 Å². The first kappa shape index (κ1) is 9.26. The monoisotopic (exact) mass is 169 g/mol. The van der Waals surface area contributed by atoms with E-state index in [0.29, 0.717) is 11.6 Å². The SMILES string of the molecule is CCC(C)Cc1ocnc1CO. The largest absolute Gasteiger partial charge is 0.448 e. The maximum atomic E-state index is 8.87. The molecule has 0 radical (unpaired) electrons. The molecule has 0 spiro atoms. The fourth-order valence-corrected chi connectivity index (χ4v) is 1.05. The number of rotatable bonds is 4.